The van der Waals surface area contributed by atoms with E-state index >= 15 is 0 Å². The Kier molecular flexibility index (Phi) is 6.40. The molecule has 0 aliphatic rings. The van der Waals surface area contributed by atoms with E-state index in [2.05, 4.69) is 15.0 Å². The maximum Gasteiger partial charge on any atom is 0.263 e. The first-order valence-electron chi connectivity index (χ1n) is 9.38. The molecule has 0 spiro atoms. The molecule has 12 heteroatoms. The molecule has 0 saturated carbocycles. The number of fused-ring (bicyclic) bond motifs is 1. The van der Waals surface area contributed by atoms with Gasteiger partial charge in [0.25, 0.3) is 5.91 Å². The van der Waals surface area contributed by atoms with Crippen LogP contribution in [0.25, 0.3) is 22.6 Å². The van der Waals surface area contributed by atoms with Gasteiger partial charge in [-0.25, -0.2) is 13.8 Å². The van der Waals surface area contributed by atoms with Crippen LogP contribution >= 0.6 is 23.8 Å². The minimum atomic E-state index is -1.92. The molecule has 0 saturated heterocycles. The van der Waals surface area contributed by atoms with Crippen LogP contribution in [0.15, 0.2) is 46.9 Å². The number of rotatable bonds is 4. The molecule has 174 valence electrons. The second kappa shape index (κ2) is 9.27. The Bertz CT molecular complexity index is 1430. The topological polar surface area (TPSA) is 76.4 Å². The van der Waals surface area contributed by atoms with Gasteiger partial charge in [0.05, 0.1) is 7.11 Å². The van der Waals surface area contributed by atoms with Crippen molar-refractivity contribution in [3.63, 3.8) is 0 Å². The van der Waals surface area contributed by atoms with Crippen LogP contribution in [0.3, 0.4) is 0 Å². The number of amides is 1. The molecule has 0 fully saturated rings. The SMILES string of the molecule is COc1c(F)c(F)c(C(=O)NC(=S)Nc2ccc3oc(-c4cccc(Cl)c4)nc3c2)c(F)c1F. The third-order valence-corrected chi connectivity index (χ3v) is 5.04. The van der Waals surface area contributed by atoms with Crippen molar-refractivity contribution in [3.05, 3.63) is 76.3 Å². The number of nitrogens with zero attached hydrogens (tertiary/aromatic N) is 1. The zero-order valence-corrected chi connectivity index (χ0v) is 18.6. The molecule has 0 atom stereocenters. The lowest BCUT2D eigenvalue weighted by Crippen LogP contribution is -2.35. The van der Waals surface area contributed by atoms with Crippen LogP contribution < -0.4 is 15.4 Å². The molecule has 4 rings (SSSR count). The number of ether oxygens (including phenoxy) is 1. The monoisotopic (exact) mass is 509 g/mol. The van der Waals surface area contributed by atoms with Crippen molar-refractivity contribution in [2.45, 2.75) is 0 Å². The largest absolute Gasteiger partial charge is 0.491 e. The highest BCUT2D eigenvalue weighted by Gasteiger charge is 2.30. The normalized spacial score (nSPS) is 10.9. The quantitative estimate of drug-likeness (QED) is 0.204. The van der Waals surface area contributed by atoms with Gasteiger partial charge in [0.1, 0.15) is 11.1 Å². The van der Waals surface area contributed by atoms with E-state index in [-0.39, 0.29) is 0 Å². The zero-order chi connectivity index (χ0) is 24.6. The first-order valence-corrected chi connectivity index (χ1v) is 10.2. The number of aromatic nitrogens is 1. The average Bonchev–Trinajstić information content (AvgIpc) is 3.22. The van der Waals surface area contributed by atoms with E-state index in [9.17, 15) is 22.4 Å². The van der Waals surface area contributed by atoms with E-state index in [1.165, 1.54) is 0 Å². The fourth-order valence-corrected chi connectivity index (χ4v) is 3.47. The lowest BCUT2D eigenvalue weighted by Gasteiger charge is -2.12. The first kappa shape index (κ1) is 23.5. The number of hydrogen-bond donors (Lipinski definition) is 2. The molecule has 1 aromatic heterocycles. The van der Waals surface area contributed by atoms with Crippen molar-refractivity contribution in [1.82, 2.24) is 10.3 Å². The predicted octanol–water partition coefficient (Wildman–Crippen LogP) is 5.84. The van der Waals surface area contributed by atoms with Gasteiger partial charge >= 0.3 is 0 Å². The Morgan fingerprint density at radius 3 is 2.41 bits per heavy atom. The van der Waals surface area contributed by atoms with E-state index in [1.54, 1.807) is 42.5 Å². The Hall–Kier alpha value is -3.70. The maximum absolute atomic E-state index is 14.1. The van der Waals surface area contributed by atoms with Crippen molar-refractivity contribution in [1.29, 1.82) is 0 Å². The molecule has 6 nitrogen and oxygen atoms in total. The third kappa shape index (κ3) is 4.39. The van der Waals surface area contributed by atoms with Gasteiger partial charge in [-0.05, 0) is 48.6 Å². The molecular formula is C22H12ClF4N3O3S. The summed E-state index contributed by atoms with van der Waals surface area (Å²) in [4.78, 5) is 16.6. The van der Waals surface area contributed by atoms with Crippen molar-refractivity contribution in [3.8, 4) is 17.2 Å². The minimum absolute atomic E-state index is 0.319. The Morgan fingerprint density at radius 2 is 1.76 bits per heavy atom. The summed E-state index contributed by atoms with van der Waals surface area (Å²) in [5, 5.41) is 4.71. The highest BCUT2D eigenvalue weighted by Crippen LogP contribution is 2.30. The molecule has 0 unspecified atom stereocenters. The second-order valence-corrected chi connectivity index (χ2v) is 7.63. The molecule has 3 aromatic carbocycles. The number of halogens is 5. The summed E-state index contributed by atoms with van der Waals surface area (Å²) < 4.78 is 66.0. The Labute approximate surface area is 199 Å². The minimum Gasteiger partial charge on any atom is -0.491 e. The molecule has 0 aliphatic carbocycles. The summed E-state index contributed by atoms with van der Waals surface area (Å²) >= 11 is 11.0. The molecule has 0 aliphatic heterocycles. The predicted molar refractivity (Wildman–Crippen MR) is 121 cm³/mol. The van der Waals surface area contributed by atoms with Gasteiger partial charge < -0.3 is 14.5 Å². The summed E-state index contributed by atoms with van der Waals surface area (Å²) in [5.74, 6) is -10.0. The van der Waals surface area contributed by atoms with Gasteiger partial charge in [-0.1, -0.05) is 17.7 Å². The van der Waals surface area contributed by atoms with Crippen LogP contribution in [0, 0.1) is 23.3 Å². The number of oxazole rings is 1. The zero-order valence-electron chi connectivity index (χ0n) is 17.0. The van der Waals surface area contributed by atoms with Crippen LogP contribution in [-0.2, 0) is 0 Å². The van der Waals surface area contributed by atoms with Crippen molar-refractivity contribution in [2.24, 2.45) is 0 Å². The van der Waals surface area contributed by atoms with Gasteiger partial charge in [0.2, 0.25) is 17.5 Å². The highest BCUT2D eigenvalue weighted by atomic mass is 35.5. The summed E-state index contributed by atoms with van der Waals surface area (Å²) in [6.45, 7) is 0. The van der Waals surface area contributed by atoms with Crippen LogP contribution in [-0.4, -0.2) is 23.1 Å². The number of benzene rings is 3. The van der Waals surface area contributed by atoms with E-state index < -0.39 is 45.6 Å². The Balaban J connectivity index is 1.53. The lowest BCUT2D eigenvalue weighted by molar-refractivity contribution is 0.0966. The molecule has 1 amide bonds. The smallest absolute Gasteiger partial charge is 0.263 e. The lowest BCUT2D eigenvalue weighted by atomic mass is 10.1. The van der Waals surface area contributed by atoms with E-state index in [0.29, 0.717) is 33.3 Å². The molecular weight excluding hydrogens is 498 g/mol. The summed E-state index contributed by atoms with van der Waals surface area (Å²) in [6, 6.07) is 11.6. The molecule has 0 radical (unpaired) electrons. The number of nitrogens with one attached hydrogen (secondary N) is 2. The number of carbonyl (C=O) groups is 1. The van der Waals surface area contributed by atoms with E-state index in [1.807, 2.05) is 5.32 Å². The van der Waals surface area contributed by atoms with Crippen LogP contribution in [0.5, 0.6) is 5.75 Å². The van der Waals surface area contributed by atoms with Gasteiger partial charge in [0, 0.05) is 16.3 Å². The number of thiocarbonyl (C=S) groups is 1. The molecule has 34 heavy (non-hydrogen) atoms. The standard InChI is InChI=1S/C22H12ClF4N3O3S/c1-32-19-17(26)15(24)14(16(25)18(19)27)20(31)30-22(34)28-11-5-6-13-12(8-11)29-21(33-13)9-3-2-4-10(23)7-9/h2-8H,1H3,(H2,28,30,31,34). The fourth-order valence-electron chi connectivity index (χ4n) is 3.07. The number of methoxy groups -OCH3 is 1. The summed E-state index contributed by atoms with van der Waals surface area (Å²) in [6.07, 6.45) is 0. The van der Waals surface area contributed by atoms with Crippen LogP contribution in [0.1, 0.15) is 10.4 Å². The molecule has 4 aromatic rings. The van der Waals surface area contributed by atoms with Crippen molar-refractivity contribution >= 4 is 51.6 Å². The second-order valence-electron chi connectivity index (χ2n) is 6.78. The van der Waals surface area contributed by atoms with Crippen molar-refractivity contribution < 1.29 is 31.5 Å². The fraction of sp³-hybridized carbons (Fsp3) is 0.0455. The number of hydrogen-bond acceptors (Lipinski definition) is 5. The third-order valence-electron chi connectivity index (χ3n) is 4.60. The maximum atomic E-state index is 14.1. The molecule has 0 bridgehead atoms. The first-order chi connectivity index (χ1) is 16.2. The van der Waals surface area contributed by atoms with Gasteiger partial charge in [-0.15, -0.1) is 0 Å². The Morgan fingerprint density at radius 1 is 1.06 bits per heavy atom. The average molecular weight is 510 g/mol. The van der Waals surface area contributed by atoms with Gasteiger partial charge in [-0.2, -0.15) is 8.78 Å². The van der Waals surface area contributed by atoms with E-state index in [4.69, 9.17) is 28.2 Å². The molecule has 1 heterocycles. The number of carbonyl (C=O) groups excluding carboxylic acids is 1. The van der Waals surface area contributed by atoms with Crippen LogP contribution in [0.4, 0.5) is 23.2 Å². The van der Waals surface area contributed by atoms with Crippen LogP contribution in [0.2, 0.25) is 5.02 Å². The van der Waals surface area contributed by atoms with Gasteiger partial charge in [-0.3, -0.25) is 10.1 Å². The van der Waals surface area contributed by atoms with E-state index in [0.717, 1.165) is 7.11 Å². The van der Waals surface area contributed by atoms with Crippen molar-refractivity contribution in [2.75, 3.05) is 12.4 Å². The summed E-state index contributed by atoms with van der Waals surface area (Å²) in [7, 11) is 0.822. The summed E-state index contributed by atoms with van der Waals surface area (Å²) in [5.41, 5.74) is 0.396. The number of anilines is 1. The highest BCUT2D eigenvalue weighted by molar-refractivity contribution is 7.80. The van der Waals surface area contributed by atoms with Gasteiger partial charge in [0.15, 0.2) is 28.1 Å². The molecule has 2 N–H and O–H groups in total.